The SMILES string of the molecule is O=C1C(c2cccc(F)c2F)CCCCN1CC(F)(F)F. The van der Waals surface area contributed by atoms with Crippen LogP contribution in [-0.2, 0) is 4.79 Å². The summed E-state index contributed by atoms with van der Waals surface area (Å²) in [4.78, 5) is 12.9. The van der Waals surface area contributed by atoms with Gasteiger partial charge in [-0.3, -0.25) is 4.79 Å². The molecule has 0 N–H and O–H groups in total. The first-order chi connectivity index (χ1) is 9.79. The zero-order chi connectivity index (χ0) is 15.6. The fraction of sp³-hybridized carbons (Fsp3) is 0.500. The van der Waals surface area contributed by atoms with Crippen LogP contribution >= 0.6 is 0 Å². The normalized spacial score (nSPS) is 20.5. The Morgan fingerprint density at radius 2 is 1.90 bits per heavy atom. The predicted molar refractivity (Wildman–Crippen MR) is 65.6 cm³/mol. The molecule has 0 bridgehead atoms. The van der Waals surface area contributed by atoms with Crippen LogP contribution in [0.25, 0.3) is 0 Å². The van der Waals surface area contributed by atoms with Gasteiger partial charge in [0.25, 0.3) is 0 Å². The number of hydrogen-bond donors (Lipinski definition) is 0. The molecular formula is C14H14F5NO. The molecule has 0 aromatic heterocycles. The van der Waals surface area contributed by atoms with E-state index in [0.29, 0.717) is 17.7 Å². The number of rotatable bonds is 2. The van der Waals surface area contributed by atoms with Crippen LogP contribution in [0.3, 0.4) is 0 Å². The van der Waals surface area contributed by atoms with Gasteiger partial charge in [0.1, 0.15) is 6.54 Å². The fourth-order valence-electron chi connectivity index (χ4n) is 2.56. The van der Waals surface area contributed by atoms with Gasteiger partial charge in [-0.1, -0.05) is 18.6 Å². The molecule has 1 aromatic carbocycles. The third-order valence-corrected chi connectivity index (χ3v) is 3.51. The van der Waals surface area contributed by atoms with E-state index in [1.165, 1.54) is 12.1 Å². The number of carbonyl (C=O) groups is 1. The molecule has 0 aliphatic carbocycles. The Morgan fingerprint density at radius 3 is 2.57 bits per heavy atom. The molecule has 7 heteroatoms. The molecule has 1 unspecified atom stereocenters. The number of likely N-dealkylation sites (tertiary alicyclic amines) is 1. The molecule has 1 saturated heterocycles. The number of halogens is 5. The lowest BCUT2D eigenvalue weighted by Gasteiger charge is -2.25. The lowest BCUT2D eigenvalue weighted by molar-refractivity contribution is -0.161. The molecule has 1 heterocycles. The van der Waals surface area contributed by atoms with Crippen molar-refractivity contribution in [2.45, 2.75) is 31.4 Å². The largest absolute Gasteiger partial charge is 0.406 e. The summed E-state index contributed by atoms with van der Waals surface area (Å²) in [6.07, 6.45) is -3.39. The van der Waals surface area contributed by atoms with Crippen LogP contribution in [0.1, 0.15) is 30.7 Å². The Labute approximate surface area is 118 Å². The summed E-state index contributed by atoms with van der Waals surface area (Å²) in [7, 11) is 0. The summed E-state index contributed by atoms with van der Waals surface area (Å²) in [5, 5.41) is 0. The van der Waals surface area contributed by atoms with Crippen LogP contribution in [0.15, 0.2) is 18.2 Å². The zero-order valence-corrected chi connectivity index (χ0v) is 11.1. The minimum absolute atomic E-state index is 0.0220. The van der Waals surface area contributed by atoms with Crippen molar-refractivity contribution in [1.82, 2.24) is 4.90 Å². The summed E-state index contributed by atoms with van der Waals surface area (Å²) < 4.78 is 64.5. The van der Waals surface area contributed by atoms with E-state index in [1.54, 1.807) is 0 Å². The summed E-state index contributed by atoms with van der Waals surface area (Å²) in [5.74, 6) is -4.13. The first-order valence-electron chi connectivity index (χ1n) is 6.59. The highest BCUT2D eigenvalue weighted by molar-refractivity contribution is 5.84. The smallest absolute Gasteiger partial charge is 0.333 e. The molecule has 0 saturated carbocycles. The number of amides is 1. The fourth-order valence-corrected chi connectivity index (χ4v) is 2.56. The van der Waals surface area contributed by atoms with Gasteiger partial charge in [-0.25, -0.2) is 8.78 Å². The van der Waals surface area contributed by atoms with E-state index in [2.05, 4.69) is 0 Å². The van der Waals surface area contributed by atoms with Crippen molar-refractivity contribution in [3.05, 3.63) is 35.4 Å². The van der Waals surface area contributed by atoms with Gasteiger partial charge in [-0.15, -0.1) is 0 Å². The zero-order valence-electron chi connectivity index (χ0n) is 11.1. The quantitative estimate of drug-likeness (QED) is 0.764. The summed E-state index contributed by atoms with van der Waals surface area (Å²) in [6.45, 7) is -1.38. The van der Waals surface area contributed by atoms with Crippen molar-refractivity contribution < 1.29 is 26.7 Å². The van der Waals surface area contributed by atoms with E-state index in [0.717, 1.165) is 6.07 Å². The van der Waals surface area contributed by atoms with E-state index in [9.17, 15) is 26.7 Å². The average molecular weight is 307 g/mol. The molecule has 21 heavy (non-hydrogen) atoms. The second-order valence-electron chi connectivity index (χ2n) is 5.07. The maximum absolute atomic E-state index is 13.8. The van der Waals surface area contributed by atoms with Crippen molar-refractivity contribution in [3.8, 4) is 0 Å². The second-order valence-corrected chi connectivity index (χ2v) is 5.07. The Balaban J connectivity index is 2.30. The Hall–Kier alpha value is -1.66. The molecular weight excluding hydrogens is 293 g/mol. The summed E-state index contributed by atoms with van der Waals surface area (Å²) in [5.41, 5.74) is -0.172. The van der Waals surface area contributed by atoms with Crippen LogP contribution in [0.5, 0.6) is 0 Å². The van der Waals surface area contributed by atoms with E-state index in [4.69, 9.17) is 0 Å². The van der Waals surface area contributed by atoms with Crippen molar-refractivity contribution in [3.63, 3.8) is 0 Å². The monoisotopic (exact) mass is 307 g/mol. The molecule has 0 spiro atoms. The third kappa shape index (κ3) is 3.71. The minimum atomic E-state index is -4.51. The molecule has 1 aliphatic rings. The lowest BCUT2D eigenvalue weighted by Crippen LogP contribution is -2.41. The van der Waals surface area contributed by atoms with Gasteiger partial charge in [-0.05, 0) is 18.9 Å². The molecule has 1 amide bonds. The highest BCUT2D eigenvalue weighted by Gasteiger charge is 2.37. The average Bonchev–Trinajstić information content (AvgIpc) is 2.55. The van der Waals surface area contributed by atoms with Gasteiger partial charge in [0, 0.05) is 12.1 Å². The number of hydrogen-bond acceptors (Lipinski definition) is 1. The van der Waals surface area contributed by atoms with Gasteiger partial charge in [0.15, 0.2) is 11.6 Å². The van der Waals surface area contributed by atoms with E-state index >= 15 is 0 Å². The molecule has 0 radical (unpaired) electrons. The maximum Gasteiger partial charge on any atom is 0.406 e. The second kappa shape index (κ2) is 5.99. The minimum Gasteiger partial charge on any atom is -0.333 e. The van der Waals surface area contributed by atoms with Crippen LogP contribution in [-0.4, -0.2) is 30.1 Å². The Bertz CT molecular complexity index is 529. The topological polar surface area (TPSA) is 20.3 Å². The molecule has 1 fully saturated rings. The lowest BCUT2D eigenvalue weighted by atomic mass is 9.93. The number of nitrogens with zero attached hydrogens (tertiary/aromatic N) is 1. The van der Waals surface area contributed by atoms with Crippen molar-refractivity contribution in [2.24, 2.45) is 0 Å². The Morgan fingerprint density at radius 1 is 1.19 bits per heavy atom. The van der Waals surface area contributed by atoms with Crippen LogP contribution in [0.4, 0.5) is 22.0 Å². The van der Waals surface area contributed by atoms with Gasteiger partial charge in [0.05, 0.1) is 5.92 Å². The highest BCUT2D eigenvalue weighted by atomic mass is 19.4. The van der Waals surface area contributed by atoms with Crippen LogP contribution in [0, 0.1) is 11.6 Å². The number of carbonyl (C=O) groups excluding carboxylic acids is 1. The Kier molecular flexibility index (Phi) is 4.49. The van der Waals surface area contributed by atoms with Crippen molar-refractivity contribution in [2.75, 3.05) is 13.1 Å². The van der Waals surface area contributed by atoms with Crippen LogP contribution < -0.4 is 0 Å². The van der Waals surface area contributed by atoms with E-state index < -0.39 is 36.2 Å². The number of benzene rings is 1. The van der Waals surface area contributed by atoms with Crippen molar-refractivity contribution in [1.29, 1.82) is 0 Å². The van der Waals surface area contributed by atoms with Gasteiger partial charge < -0.3 is 4.90 Å². The van der Waals surface area contributed by atoms with E-state index in [1.807, 2.05) is 0 Å². The first-order valence-corrected chi connectivity index (χ1v) is 6.59. The molecule has 2 rings (SSSR count). The molecule has 2 nitrogen and oxygen atoms in total. The summed E-state index contributed by atoms with van der Waals surface area (Å²) >= 11 is 0. The summed E-state index contributed by atoms with van der Waals surface area (Å²) in [6, 6.07) is 3.41. The van der Waals surface area contributed by atoms with Gasteiger partial charge in [0.2, 0.25) is 5.91 Å². The molecule has 1 atom stereocenters. The number of alkyl halides is 3. The predicted octanol–water partition coefficient (Wildman–Crippen LogP) is 3.62. The standard InChI is InChI=1S/C14H14F5NO/c15-11-6-3-5-9(12(11)16)10-4-1-2-7-20(13(10)21)8-14(17,18)19/h3,5-6,10H,1-2,4,7-8H2. The van der Waals surface area contributed by atoms with E-state index in [-0.39, 0.29) is 18.5 Å². The molecule has 1 aliphatic heterocycles. The molecule has 1 aromatic rings. The van der Waals surface area contributed by atoms with Gasteiger partial charge >= 0.3 is 6.18 Å². The first kappa shape index (κ1) is 15.7. The third-order valence-electron chi connectivity index (χ3n) is 3.51. The maximum atomic E-state index is 13.8. The highest BCUT2D eigenvalue weighted by Crippen LogP contribution is 2.31. The molecule has 116 valence electrons. The van der Waals surface area contributed by atoms with Crippen molar-refractivity contribution >= 4 is 5.91 Å². The van der Waals surface area contributed by atoms with Gasteiger partial charge in [-0.2, -0.15) is 13.2 Å². The van der Waals surface area contributed by atoms with Crippen LogP contribution in [0.2, 0.25) is 0 Å².